The fraction of sp³-hybridized carbons (Fsp3) is 0.308. The first-order valence-corrected chi connectivity index (χ1v) is 12.6. The molecule has 0 N–H and O–H groups in total. The minimum absolute atomic E-state index is 0.00414. The van der Waals surface area contributed by atoms with E-state index < -0.39 is 30.7 Å². The lowest BCUT2D eigenvalue weighted by atomic mass is 9.86. The zero-order valence-electron chi connectivity index (χ0n) is 21.5. The van der Waals surface area contributed by atoms with Gasteiger partial charge in [-0.25, -0.2) is 4.68 Å². The van der Waals surface area contributed by atoms with Crippen LogP contribution in [0.15, 0.2) is 41.6 Å². The highest BCUT2D eigenvalue weighted by Gasteiger charge is 2.62. The Morgan fingerprint density at radius 1 is 1.20 bits per heavy atom. The zero-order chi connectivity index (χ0) is 29.9. The summed E-state index contributed by atoms with van der Waals surface area (Å²) in [6.07, 6.45) is -5.53. The molecule has 2 aromatic carbocycles. The van der Waals surface area contributed by atoms with E-state index in [9.17, 15) is 23.2 Å². The number of nitriles is 2. The topological polar surface area (TPSA) is 129 Å². The van der Waals surface area contributed by atoms with Crippen LogP contribution in [-0.4, -0.2) is 46.2 Å². The first-order valence-electron chi connectivity index (χ1n) is 11.8. The van der Waals surface area contributed by atoms with Crippen molar-refractivity contribution in [2.45, 2.75) is 38.3 Å². The maximum Gasteiger partial charge on any atom is 0.435 e. The quantitative estimate of drug-likeness (QED) is 0.318. The van der Waals surface area contributed by atoms with Gasteiger partial charge in [0.15, 0.2) is 5.82 Å². The fourth-order valence-corrected chi connectivity index (χ4v) is 4.81. The van der Waals surface area contributed by atoms with E-state index in [1.807, 2.05) is 12.1 Å². The normalized spacial score (nSPS) is 16.5. The molecule has 15 heteroatoms. The third-order valence-corrected chi connectivity index (χ3v) is 6.69. The number of hydrogen-bond donors (Lipinski definition) is 0. The molecule has 1 aromatic heterocycles. The number of rotatable bonds is 8. The Morgan fingerprint density at radius 3 is 2.49 bits per heavy atom. The molecule has 2 heterocycles. The number of carbonyl (C=O) groups excluding carboxylic acids is 1. The second kappa shape index (κ2) is 11.7. The summed E-state index contributed by atoms with van der Waals surface area (Å²) >= 11 is 11.9. The molecule has 0 spiro atoms. The van der Waals surface area contributed by atoms with Crippen LogP contribution in [0.25, 0.3) is 0 Å². The maximum absolute atomic E-state index is 14.4. The average molecular weight is 606 g/mol. The Bertz CT molecular complexity index is 1590. The van der Waals surface area contributed by atoms with Gasteiger partial charge in [-0.3, -0.25) is 9.69 Å². The number of alkyl halides is 3. The highest BCUT2D eigenvalue weighted by molar-refractivity contribution is 6.34. The van der Waals surface area contributed by atoms with Crippen LogP contribution >= 0.6 is 23.2 Å². The Kier molecular flexibility index (Phi) is 8.54. The summed E-state index contributed by atoms with van der Waals surface area (Å²) < 4.78 is 49.4. The number of carbonyl (C=O) groups is 1. The van der Waals surface area contributed by atoms with E-state index in [0.29, 0.717) is 11.1 Å². The van der Waals surface area contributed by atoms with Gasteiger partial charge in [0.1, 0.15) is 19.7 Å². The van der Waals surface area contributed by atoms with Crippen molar-refractivity contribution in [3.05, 3.63) is 74.5 Å². The van der Waals surface area contributed by atoms with Gasteiger partial charge in [-0.2, -0.15) is 28.7 Å². The predicted octanol–water partition coefficient (Wildman–Crippen LogP) is 5.32. The third-order valence-electron chi connectivity index (χ3n) is 6.25. The Labute approximate surface area is 242 Å². The standard InChI is InChI=1S/C26H20Cl2F3N7O3/c1-15-9-16(21-13-25(41-36-21,26(29,30)31)17-10-18(27)12-19(28)11-17)3-4-20(15)23(39)37(7-5-32)24-34-22(14-40-2)38(35-24)8-6-33/h3-4,9-12H,7-8,13-14H2,1-2H3. The molecule has 0 radical (unpaired) electrons. The van der Waals surface area contributed by atoms with Crippen LogP contribution in [0.4, 0.5) is 19.1 Å². The number of methoxy groups -OCH3 is 1. The smallest absolute Gasteiger partial charge is 0.377 e. The van der Waals surface area contributed by atoms with E-state index in [1.165, 1.54) is 36.1 Å². The Hall–Kier alpha value is -4.17. The SMILES string of the molecule is COCc1nc(N(CC#N)C(=O)c2ccc(C3=NOC(c4cc(Cl)cc(Cl)c4)(C(F)(F)F)C3)cc2C)nn1CC#N. The summed E-state index contributed by atoms with van der Waals surface area (Å²) in [7, 11) is 1.43. The number of halogens is 5. The second-order valence-corrected chi connectivity index (χ2v) is 9.82. The van der Waals surface area contributed by atoms with Crippen LogP contribution in [-0.2, 0) is 28.3 Å². The summed E-state index contributed by atoms with van der Waals surface area (Å²) in [5, 5.41) is 26.4. The molecule has 1 atom stereocenters. The summed E-state index contributed by atoms with van der Waals surface area (Å²) in [4.78, 5) is 23.8. The largest absolute Gasteiger partial charge is 0.435 e. The minimum Gasteiger partial charge on any atom is -0.377 e. The summed E-state index contributed by atoms with van der Waals surface area (Å²) in [6.45, 7) is 1.05. The molecular weight excluding hydrogens is 586 g/mol. The van der Waals surface area contributed by atoms with Gasteiger partial charge in [0.2, 0.25) is 0 Å². The highest BCUT2D eigenvalue weighted by atomic mass is 35.5. The molecule has 1 aliphatic heterocycles. The number of aromatic nitrogens is 3. The number of benzene rings is 2. The molecule has 0 fully saturated rings. The Morgan fingerprint density at radius 2 is 1.90 bits per heavy atom. The predicted molar refractivity (Wildman–Crippen MR) is 141 cm³/mol. The number of oxime groups is 1. The lowest BCUT2D eigenvalue weighted by Gasteiger charge is -2.29. The van der Waals surface area contributed by atoms with Crippen LogP contribution in [0.3, 0.4) is 0 Å². The van der Waals surface area contributed by atoms with Crippen molar-refractivity contribution in [2.24, 2.45) is 5.16 Å². The van der Waals surface area contributed by atoms with Gasteiger partial charge in [0.25, 0.3) is 17.5 Å². The van der Waals surface area contributed by atoms with Gasteiger partial charge in [0.05, 0.1) is 17.9 Å². The van der Waals surface area contributed by atoms with Gasteiger partial charge in [0, 0.05) is 34.7 Å². The zero-order valence-corrected chi connectivity index (χ0v) is 23.0. The molecule has 212 valence electrons. The molecule has 0 bridgehead atoms. The molecule has 0 saturated heterocycles. The van der Waals surface area contributed by atoms with Crippen molar-refractivity contribution in [2.75, 3.05) is 18.6 Å². The van der Waals surface area contributed by atoms with E-state index in [2.05, 4.69) is 15.2 Å². The van der Waals surface area contributed by atoms with Crippen molar-refractivity contribution in [3.8, 4) is 12.1 Å². The van der Waals surface area contributed by atoms with Gasteiger partial charge in [-0.15, -0.1) is 5.10 Å². The first kappa shape index (κ1) is 29.8. The number of anilines is 1. The van der Waals surface area contributed by atoms with Crippen molar-refractivity contribution < 1.29 is 27.5 Å². The van der Waals surface area contributed by atoms with Gasteiger partial charge in [-0.05, 0) is 48.4 Å². The fourth-order valence-electron chi connectivity index (χ4n) is 4.28. The molecule has 3 aromatic rings. The van der Waals surface area contributed by atoms with E-state index in [0.717, 1.165) is 17.0 Å². The third kappa shape index (κ3) is 5.84. The summed E-state index contributed by atoms with van der Waals surface area (Å²) in [5.74, 6) is -0.456. The van der Waals surface area contributed by atoms with Crippen LogP contribution in [0, 0.1) is 29.6 Å². The molecule has 0 saturated carbocycles. The molecule has 1 aliphatic rings. The molecule has 10 nitrogen and oxygen atoms in total. The summed E-state index contributed by atoms with van der Waals surface area (Å²) in [6, 6.07) is 11.7. The average Bonchev–Trinajstić information content (AvgIpc) is 3.53. The Balaban J connectivity index is 1.65. The van der Waals surface area contributed by atoms with E-state index in [-0.39, 0.29) is 51.8 Å². The number of amides is 1. The molecule has 4 rings (SSSR count). The highest BCUT2D eigenvalue weighted by Crippen LogP contribution is 2.49. The van der Waals surface area contributed by atoms with Crippen LogP contribution in [0.5, 0.6) is 0 Å². The molecule has 1 unspecified atom stereocenters. The van der Waals surface area contributed by atoms with Crippen LogP contribution in [0.2, 0.25) is 10.0 Å². The lowest BCUT2D eigenvalue weighted by Crippen LogP contribution is -2.42. The van der Waals surface area contributed by atoms with Crippen LogP contribution in [0.1, 0.15) is 39.3 Å². The van der Waals surface area contributed by atoms with Gasteiger partial charge >= 0.3 is 6.18 Å². The van der Waals surface area contributed by atoms with Gasteiger partial charge in [-0.1, -0.05) is 34.4 Å². The lowest BCUT2D eigenvalue weighted by molar-refractivity contribution is -0.275. The van der Waals surface area contributed by atoms with E-state index in [4.69, 9.17) is 38.0 Å². The molecular formula is C26H20Cl2F3N7O3. The minimum atomic E-state index is -4.86. The van der Waals surface area contributed by atoms with Crippen molar-refractivity contribution in [1.29, 1.82) is 10.5 Å². The summed E-state index contributed by atoms with van der Waals surface area (Å²) in [5.41, 5.74) is -2.27. The molecule has 0 aliphatic carbocycles. The molecule has 41 heavy (non-hydrogen) atoms. The monoisotopic (exact) mass is 605 g/mol. The van der Waals surface area contributed by atoms with Crippen LogP contribution < -0.4 is 4.90 Å². The van der Waals surface area contributed by atoms with Gasteiger partial charge < -0.3 is 9.57 Å². The first-order chi connectivity index (χ1) is 19.4. The number of hydrogen-bond acceptors (Lipinski definition) is 8. The number of nitrogens with zero attached hydrogens (tertiary/aromatic N) is 7. The van der Waals surface area contributed by atoms with E-state index >= 15 is 0 Å². The van der Waals surface area contributed by atoms with Crippen molar-refractivity contribution >= 4 is 40.8 Å². The second-order valence-electron chi connectivity index (χ2n) is 8.94. The number of ether oxygens (including phenoxy) is 1. The van der Waals surface area contributed by atoms with E-state index in [1.54, 1.807) is 6.92 Å². The van der Waals surface area contributed by atoms with Crippen molar-refractivity contribution in [1.82, 2.24) is 14.8 Å². The number of aryl methyl sites for hydroxylation is 1. The molecule has 1 amide bonds. The van der Waals surface area contributed by atoms with Crippen molar-refractivity contribution in [3.63, 3.8) is 0 Å². The maximum atomic E-state index is 14.4.